The number of anilines is 1. The summed E-state index contributed by atoms with van der Waals surface area (Å²) in [5.41, 5.74) is 1.09. The van der Waals surface area contributed by atoms with E-state index in [0.717, 1.165) is 35.6 Å². The van der Waals surface area contributed by atoms with Gasteiger partial charge in [0.05, 0.1) is 5.69 Å². The maximum absolute atomic E-state index is 4.51. The molecule has 2 fully saturated rings. The van der Waals surface area contributed by atoms with E-state index in [-0.39, 0.29) is 0 Å². The molecule has 0 radical (unpaired) electrons. The molecule has 0 N–H and O–H groups in total. The molecule has 2 aromatic heterocycles. The van der Waals surface area contributed by atoms with Crippen LogP contribution in [-0.4, -0.2) is 32.8 Å². The molecule has 0 spiro atoms. The smallest absolute Gasteiger partial charge is 0.228 e. The molecule has 22 heavy (non-hydrogen) atoms. The second-order valence-electron chi connectivity index (χ2n) is 6.04. The molecule has 1 saturated carbocycles. The van der Waals surface area contributed by atoms with Crippen molar-refractivity contribution in [3.63, 3.8) is 0 Å². The first kappa shape index (κ1) is 14.1. The second-order valence-corrected chi connectivity index (χ2v) is 6.98. The minimum Gasteiger partial charge on any atom is -0.341 e. The molecule has 1 saturated heterocycles. The Labute approximate surface area is 135 Å². The van der Waals surface area contributed by atoms with Gasteiger partial charge in [-0.15, -0.1) is 10.2 Å². The van der Waals surface area contributed by atoms with Gasteiger partial charge in [0.15, 0.2) is 5.16 Å². The molecule has 0 amide bonds. The van der Waals surface area contributed by atoms with E-state index in [9.17, 15) is 0 Å². The number of thioether (sulfide) groups is 1. The zero-order chi connectivity index (χ0) is 14.8. The Kier molecular flexibility index (Phi) is 4.01. The molecule has 2 aromatic rings. The lowest BCUT2D eigenvalue weighted by atomic mass is 10.1. The van der Waals surface area contributed by atoms with Crippen molar-refractivity contribution in [3.05, 3.63) is 30.1 Å². The second kappa shape index (κ2) is 6.28. The Hall–Kier alpha value is -1.56. The SMILES string of the molecule is c1ccc(CSc2nnc(N3CCCCC3)n2C2CC2)nc1. The van der Waals surface area contributed by atoms with Gasteiger partial charge in [-0.25, -0.2) is 0 Å². The summed E-state index contributed by atoms with van der Waals surface area (Å²) in [4.78, 5) is 6.81. The summed E-state index contributed by atoms with van der Waals surface area (Å²) in [6, 6.07) is 6.66. The summed E-state index contributed by atoms with van der Waals surface area (Å²) >= 11 is 1.75. The first-order valence-electron chi connectivity index (χ1n) is 8.14. The van der Waals surface area contributed by atoms with Gasteiger partial charge in [0, 0.05) is 31.1 Å². The van der Waals surface area contributed by atoms with Gasteiger partial charge in [0.25, 0.3) is 0 Å². The average Bonchev–Trinajstić information content (AvgIpc) is 3.34. The summed E-state index contributed by atoms with van der Waals surface area (Å²) in [5.74, 6) is 1.94. The molecule has 116 valence electrons. The summed E-state index contributed by atoms with van der Waals surface area (Å²) in [6.45, 7) is 2.24. The number of hydrogen-bond donors (Lipinski definition) is 0. The van der Waals surface area contributed by atoms with Crippen LogP contribution in [0.4, 0.5) is 5.95 Å². The van der Waals surface area contributed by atoms with Gasteiger partial charge in [-0.3, -0.25) is 9.55 Å². The van der Waals surface area contributed by atoms with E-state index in [4.69, 9.17) is 0 Å². The van der Waals surface area contributed by atoms with Crippen LogP contribution >= 0.6 is 11.8 Å². The molecule has 1 aliphatic carbocycles. The maximum atomic E-state index is 4.51. The standard InChI is InChI=1S/C16H21N5S/c1-4-10-20(11-5-1)15-18-19-16(21(15)14-7-8-14)22-12-13-6-2-3-9-17-13/h2-3,6,9,14H,1,4-5,7-8,10-12H2. The lowest BCUT2D eigenvalue weighted by Crippen LogP contribution is -2.31. The van der Waals surface area contributed by atoms with E-state index in [2.05, 4.69) is 30.7 Å². The fourth-order valence-corrected chi connectivity index (χ4v) is 3.87. The fraction of sp³-hybridized carbons (Fsp3) is 0.562. The van der Waals surface area contributed by atoms with E-state index in [0.29, 0.717) is 6.04 Å². The van der Waals surface area contributed by atoms with Crippen molar-refractivity contribution in [3.8, 4) is 0 Å². The number of aromatic nitrogens is 4. The molecule has 6 heteroatoms. The van der Waals surface area contributed by atoms with Crippen LogP contribution in [0.2, 0.25) is 0 Å². The predicted octanol–water partition coefficient (Wildman–Crippen LogP) is 3.29. The molecule has 0 bridgehead atoms. The molecule has 4 rings (SSSR count). The summed E-state index contributed by atoms with van der Waals surface area (Å²) in [7, 11) is 0. The van der Waals surface area contributed by atoms with Gasteiger partial charge >= 0.3 is 0 Å². The van der Waals surface area contributed by atoms with Gasteiger partial charge in [0.2, 0.25) is 5.95 Å². The van der Waals surface area contributed by atoms with Crippen LogP contribution in [0.1, 0.15) is 43.8 Å². The Bertz CT molecular complexity index is 617. The third-order valence-electron chi connectivity index (χ3n) is 4.27. The van der Waals surface area contributed by atoms with Crippen molar-refractivity contribution in [2.75, 3.05) is 18.0 Å². The highest BCUT2D eigenvalue weighted by atomic mass is 32.2. The van der Waals surface area contributed by atoms with E-state index < -0.39 is 0 Å². The molecule has 3 heterocycles. The quantitative estimate of drug-likeness (QED) is 0.792. The molecule has 0 atom stereocenters. The first-order chi connectivity index (χ1) is 10.9. The molecule has 1 aliphatic heterocycles. The average molecular weight is 315 g/mol. The molecular weight excluding hydrogens is 294 g/mol. The molecule has 2 aliphatic rings. The monoisotopic (exact) mass is 315 g/mol. The van der Waals surface area contributed by atoms with Crippen molar-refractivity contribution in [1.29, 1.82) is 0 Å². The lowest BCUT2D eigenvalue weighted by molar-refractivity contribution is 0.548. The summed E-state index contributed by atoms with van der Waals surface area (Å²) in [6.07, 6.45) is 8.25. The number of nitrogens with zero attached hydrogens (tertiary/aromatic N) is 5. The Balaban J connectivity index is 1.53. The van der Waals surface area contributed by atoms with Gasteiger partial charge < -0.3 is 4.90 Å². The van der Waals surface area contributed by atoms with Crippen LogP contribution in [0.3, 0.4) is 0 Å². The first-order valence-corrected chi connectivity index (χ1v) is 9.13. The van der Waals surface area contributed by atoms with Crippen LogP contribution in [0, 0.1) is 0 Å². The van der Waals surface area contributed by atoms with Gasteiger partial charge in [0.1, 0.15) is 0 Å². The van der Waals surface area contributed by atoms with Crippen molar-refractivity contribution < 1.29 is 0 Å². The zero-order valence-corrected chi connectivity index (χ0v) is 13.5. The number of rotatable bonds is 5. The predicted molar refractivity (Wildman–Crippen MR) is 88.2 cm³/mol. The van der Waals surface area contributed by atoms with Gasteiger partial charge in [-0.1, -0.05) is 17.8 Å². The van der Waals surface area contributed by atoms with Crippen LogP contribution in [0.25, 0.3) is 0 Å². The van der Waals surface area contributed by atoms with Gasteiger partial charge in [-0.05, 0) is 44.2 Å². The molecular formula is C16H21N5S. The van der Waals surface area contributed by atoms with Crippen molar-refractivity contribution >= 4 is 17.7 Å². The van der Waals surface area contributed by atoms with Crippen molar-refractivity contribution in [1.82, 2.24) is 19.7 Å². The largest absolute Gasteiger partial charge is 0.341 e. The van der Waals surface area contributed by atoms with Crippen LogP contribution in [0.15, 0.2) is 29.6 Å². The van der Waals surface area contributed by atoms with Crippen molar-refractivity contribution in [2.45, 2.75) is 49.1 Å². The Morgan fingerprint density at radius 1 is 1.09 bits per heavy atom. The Morgan fingerprint density at radius 3 is 2.68 bits per heavy atom. The highest BCUT2D eigenvalue weighted by Crippen LogP contribution is 2.41. The summed E-state index contributed by atoms with van der Waals surface area (Å²) < 4.78 is 2.37. The highest BCUT2D eigenvalue weighted by molar-refractivity contribution is 7.98. The molecule has 5 nitrogen and oxygen atoms in total. The lowest BCUT2D eigenvalue weighted by Gasteiger charge is -2.27. The van der Waals surface area contributed by atoms with Crippen LogP contribution in [-0.2, 0) is 5.75 Å². The Morgan fingerprint density at radius 2 is 1.95 bits per heavy atom. The normalized spacial score (nSPS) is 18.6. The molecule has 0 unspecified atom stereocenters. The zero-order valence-electron chi connectivity index (χ0n) is 12.7. The van der Waals surface area contributed by atoms with E-state index in [1.807, 2.05) is 18.3 Å². The van der Waals surface area contributed by atoms with Gasteiger partial charge in [-0.2, -0.15) is 0 Å². The molecule has 0 aromatic carbocycles. The maximum Gasteiger partial charge on any atom is 0.228 e. The fourth-order valence-electron chi connectivity index (χ4n) is 2.95. The summed E-state index contributed by atoms with van der Waals surface area (Å²) in [5, 5.41) is 10.0. The minimum absolute atomic E-state index is 0.609. The van der Waals surface area contributed by atoms with Crippen LogP contribution < -0.4 is 4.90 Å². The van der Waals surface area contributed by atoms with E-state index in [1.54, 1.807) is 11.8 Å². The minimum atomic E-state index is 0.609. The third-order valence-corrected chi connectivity index (χ3v) is 5.25. The van der Waals surface area contributed by atoms with Crippen molar-refractivity contribution in [2.24, 2.45) is 0 Å². The van der Waals surface area contributed by atoms with Crippen LogP contribution in [0.5, 0.6) is 0 Å². The van der Waals surface area contributed by atoms with E-state index in [1.165, 1.54) is 32.1 Å². The topological polar surface area (TPSA) is 46.8 Å². The third kappa shape index (κ3) is 2.97. The number of piperidine rings is 1. The number of hydrogen-bond acceptors (Lipinski definition) is 5. The van der Waals surface area contributed by atoms with E-state index >= 15 is 0 Å². The number of pyridine rings is 1. The highest BCUT2D eigenvalue weighted by Gasteiger charge is 2.31.